The Bertz CT molecular complexity index is 1080. The molecule has 3 aromatic rings. The van der Waals surface area contributed by atoms with E-state index in [4.69, 9.17) is 0 Å². The van der Waals surface area contributed by atoms with Gasteiger partial charge < -0.3 is 14.4 Å². The third kappa shape index (κ3) is 4.70. The number of alkyl halides is 3. The summed E-state index contributed by atoms with van der Waals surface area (Å²) in [5.74, 6) is -1.36. The second kappa shape index (κ2) is 8.16. The van der Waals surface area contributed by atoms with Crippen LogP contribution in [0.3, 0.4) is 0 Å². The number of halogens is 3. The number of esters is 1. The molecule has 152 valence electrons. The van der Waals surface area contributed by atoms with E-state index in [-0.39, 0.29) is 16.2 Å². The molecule has 0 aliphatic carbocycles. The lowest BCUT2D eigenvalue weighted by Gasteiger charge is -2.09. The maximum atomic E-state index is 13.0. The number of nitrogens with zero attached hydrogens (tertiary/aromatic N) is 2. The van der Waals surface area contributed by atoms with Gasteiger partial charge in [0.25, 0.3) is 0 Å². The molecule has 1 N–H and O–H groups in total. The largest absolute Gasteiger partial charge is 0.480 e. The summed E-state index contributed by atoms with van der Waals surface area (Å²) in [6, 6.07) is 9.70. The Morgan fingerprint density at radius 1 is 1.21 bits per heavy atom. The summed E-state index contributed by atoms with van der Waals surface area (Å²) in [5, 5.41) is 9.45. The molecule has 0 atom stereocenters. The Labute approximate surface area is 167 Å². The van der Waals surface area contributed by atoms with Crippen LogP contribution in [-0.4, -0.2) is 33.7 Å². The Morgan fingerprint density at radius 2 is 1.97 bits per heavy atom. The number of carbonyl (C=O) groups excluding carboxylic acids is 1. The fraction of sp³-hybridized carbons (Fsp3) is 0.211. The van der Waals surface area contributed by atoms with Crippen LogP contribution in [-0.2, 0) is 28.0 Å². The van der Waals surface area contributed by atoms with Crippen LogP contribution in [0.25, 0.3) is 11.0 Å². The zero-order chi connectivity index (χ0) is 21.2. The average molecular weight is 424 g/mol. The normalized spacial score (nSPS) is 11.6. The maximum absolute atomic E-state index is 13.0. The SMILES string of the molecule is COC(=O)c1cccc(CSc2nc3ccc(C(F)(F)F)cc3n2CC(=O)O)c1. The highest BCUT2D eigenvalue weighted by molar-refractivity contribution is 7.98. The molecule has 6 nitrogen and oxygen atoms in total. The summed E-state index contributed by atoms with van der Waals surface area (Å²) < 4.78 is 45.0. The van der Waals surface area contributed by atoms with Crippen molar-refractivity contribution in [1.29, 1.82) is 0 Å². The molecule has 0 radical (unpaired) electrons. The summed E-state index contributed by atoms with van der Waals surface area (Å²) in [6.45, 7) is -0.525. The van der Waals surface area contributed by atoms with Gasteiger partial charge in [-0.15, -0.1) is 0 Å². The first-order valence-corrected chi connectivity index (χ1v) is 9.27. The van der Waals surface area contributed by atoms with Gasteiger partial charge in [0.1, 0.15) is 6.54 Å². The van der Waals surface area contributed by atoms with Crippen molar-refractivity contribution >= 4 is 34.7 Å². The maximum Gasteiger partial charge on any atom is 0.416 e. The van der Waals surface area contributed by atoms with Crippen LogP contribution in [0.15, 0.2) is 47.6 Å². The van der Waals surface area contributed by atoms with Gasteiger partial charge in [0.05, 0.1) is 29.3 Å². The smallest absolute Gasteiger partial charge is 0.416 e. The van der Waals surface area contributed by atoms with E-state index in [9.17, 15) is 27.9 Å². The number of thioether (sulfide) groups is 1. The molecule has 0 spiro atoms. The number of carboxylic acid groups (broad SMARTS) is 1. The lowest BCUT2D eigenvalue weighted by atomic mass is 10.1. The Morgan fingerprint density at radius 3 is 2.62 bits per heavy atom. The first-order chi connectivity index (χ1) is 13.7. The Kier molecular flexibility index (Phi) is 5.83. The average Bonchev–Trinajstić information content (AvgIpc) is 3.01. The van der Waals surface area contributed by atoms with Crippen LogP contribution >= 0.6 is 11.8 Å². The molecule has 2 aromatic carbocycles. The van der Waals surface area contributed by atoms with Crippen molar-refractivity contribution in [1.82, 2.24) is 9.55 Å². The van der Waals surface area contributed by atoms with E-state index >= 15 is 0 Å². The molecule has 0 aliphatic rings. The van der Waals surface area contributed by atoms with E-state index in [1.54, 1.807) is 24.3 Å². The van der Waals surface area contributed by atoms with Crippen molar-refractivity contribution in [2.24, 2.45) is 0 Å². The summed E-state index contributed by atoms with van der Waals surface area (Å²) >= 11 is 1.16. The van der Waals surface area contributed by atoms with Crippen LogP contribution in [0, 0.1) is 0 Å². The molecule has 1 aromatic heterocycles. The third-order valence-corrected chi connectivity index (χ3v) is 5.10. The molecule has 10 heteroatoms. The topological polar surface area (TPSA) is 81.4 Å². The molecule has 0 unspecified atom stereocenters. The number of aliphatic carboxylic acids is 1. The van der Waals surface area contributed by atoms with Gasteiger partial charge >= 0.3 is 18.1 Å². The minimum Gasteiger partial charge on any atom is -0.480 e. The van der Waals surface area contributed by atoms with Crippen LogP contribution in [0.2, 0.25) is 0 Å². The number of hydrogen-bond acceptors (Lipinski definition) is 5. The van der Waals surface area contributed by atoms with Gasteiger partial charge in [0.15, 0.2) is 5.16 Å². The molecular weight excluding hydrogens is 409 g/mol. The van der Waals surface area contributed by atoms with Gasteiger partial charge in [-0.1, -0.05) is 23.9 Å². The lowest BCUT2D eigenvalue weighted by molar-refractivity contribution is -0.138. The fourth-order valence-corrected chi connectivity index (χ4v) is 3.69. The number of aromatic nitrogens is 2. The molecule has 0 saturated carbocycles. The van der Waals surface area contributed by atoms with Gasteiger partial charge in [-0.2, -0.15) is 13.2 Å². The minimum atomic E-state index is -4.55. The second-order valence-corrected chi connectivity index (χ2v) is 7.00. The summed E-state index contributed by atoms with van der Waals surface area (Å²) in [4.78, 5) is 27.2. The predicted octanol–water partition coefficient (Wildman–Crippen LogP) is 4.22. The molecule has 0 fully saturated rings. The number of methoxy groups -OCH3 is 1. The number of hydrogen-bond donors (Lipinski definition) is 1. The van der Waals surface area contributed by atoms with Gasteiger partial charge in [-0.3, -0.25) is 4.79 Å². The van der Waals surface area contributed by atoms with E-state index in [2.05, 4.69) is 9.72 Å². The molecule has 1 heterocycles. The van der Waals surface area contributed by atoms with E-state index in [0.29, 0.717) is 11.3 Å². The second-order valence-electron chi connectivity index (χ2n) is 6.06. The Balaban J connectivity index is 1.94. The van der Waals surface area contributed by atoms with Crippen molar-refractivity contribution in [3.05, 3.63) is 59.2 Å². The van der Waals surface area contributed by atoms with E-state index in [1.165, 1.54) is 17.7 Å². The summed E-state index contributed by atoms with van der Waals surface area (Å²) in [5.41, 5.74) is 0.597. The standard InChI is InChI=1S/C19H15F3N2O4S/c1-28-17(27)12-4-2-3-11(7-12)10-29-18-23-14-6-5-13(19(20,21)22)8-15(14)24(18)9-16(25)26/h2-8H,9-10H2,1H3,(H,25,26). The zero-order valence-electron chi connectivity index (χ0n) is 15.1. The van der Waals surface area contributed by atoms with Gasteiger partial charge in [-0.05, 0) is 35.9 Å². The number of rotatable bonds is 6. The van der Waals surface area contributed by atoms with Crippen LogP contribution in [0.4, 0.5) is 13.2 Å². The Hall–Kier alpha value is -3.01. The first-order valence-electron chi connectivity index (χ1n) is 8.28. The number of carbonyl (C=O) groups is 2. The highest BCUT2D eigenvalue weighted by Gasteiger charge is 2.31. The van der Waals surface area contributed by atoms with Crippen LogP contribution < -0.4 is 0 Å². The van der Waals surface area contributed by atoms with Crippen molar-refractivity contribution < 1.29 is 32.6 Å². The number of fused-ring (bicyclic) bond motifs is 1. The highest BCUT2D eigenvalue weighted by Crippen LogP contribution is 2.33. The summed E-state index contributed by atoms with van der Waals surface area (Å²) in [7, 11) is 1.27. The monoisotopic (exact) mass is 424 g/mol. The number of ether oxygens (including phenoxy) is 1. The number of carboxylic acids is 1. The lowest BCUT2D eigenvalue weighted by Crippen LogP contribution is -2.10. The van der Waals surface area contributed by atoms with Gasteiger partial charge in [-0.25, -0.2) is 9.78 Å². The van der Waals surface area contributed by atoms with Crippen molar-refractivity contribution in [3.8, 4) is 0 Å². The molecule has 0 bridgehead atoms. The van der Waals surface area contributed by atoms with Crippen molar-refractivity contribution in [3.63, 3.8) is 0 Å². The molecule has 29 heavy (non-hydrogen) atoms. The number of imidazole rings is 1. The zero-order valence-corrected chi connectivity index (χ0v) is 15.9. The molecule has 0 saturated heterocycles. The molecular formula is C19H15F3N2O4S. The molecule has 0 aliphatic heterocycles. The predicted molar refractivity (Wildman–Crippen MR) is 99.7 cm³/mol. The van der Waals surface area contributed by atoms with Crippen LogP contribution in [0.1, 0.15) is 21.5 Å². The first kappa shape index (κ1) is 20.7. The fourth-order valence-electron chi connectivity index (χ4n) is 2.73. The molecule has 3 rings (SSSR count). The van der Waals surface area contributed by atoms with Crippen molar-refractivity contribution in [2.45, 2.75) is 23.6 Å². The highest BCUT2D eigenvalue weighted by atomic mass is 32.2. The summed E-state index contributed by atoms with van der Waals surface area (Å²) in [6.07, 6.45) is -4.55. The van der Waals surface area contributed by atoms with E-state index in [0.717, 1.165) is 29.5 Å². The van der Waals surface area contributed by atoms with Crippen molar-refractivity contribution in [2.75, 3.05) is 7.11 Å². The van der Waals surface area contributed by atoms with Crippen LogP contribution in [0.5, 0.6) is 0 Å². The van der Waals surface area contributed by atoms with E-state index < -0.39 is 30.2 Å². The number of benzene rings is 2. The van der Waals surface area contributed by atoms with Gasteiger partial charge in [0.2, 0.25) is 0 Å². The van der Waals surface area contributed by atoms with Gasteiger partial charge in [0, 0.05) is 5.75 Å². The third-order valence-electron chi connectivity index (χ3n) is 4.05. The van der Waals surface area contributed by atoms with E-state index in [1.807, 2.05) is 0 Å². The quantitative estimate of drug-likeness (QED) is 0.471. The molecule has 0 amide bonds. The minimum absolute atomic E-state index is 0.0908.